The van der Waals surface area contributed by atoms with Gasteiger partial charge in [0.25, 0.3) is 10.0 Å². The van der Waals surface area contributed by atoms with Crippen molar-refractivity contribution in [2.24, 2.45) is 0 Å². The highest BCUT2D eigenvalue weighted by Gasteiger charge is 2.24. The van der Waals surface area contributed by atoms with Gasteiger partial charge in [0, 0.05) is 19.7 Å². The van der Waals surface area contributed by atoms with E-state index in [1.807, 2.05) is 13.0 Å². The standard InChI is InChI=1S/C11H16N2O3S2/c1-3-13(7-8-16-4-2)18(14,15)11-6-5-10(9-12)17-11/h5-6H,3-4,7-8H2,1-2H3. The molecule has 1 rings (SSSR count). The Morgan fingerprint density at radius 2 is 2.17 bits per heavy atom. The van der Waals surface area contributed by atoms with E-state index < -0.39 is 10.0 Å². The molecule has 1 aromatic heterocycles. The Balaban J connectivity index is 2.86. The third kappa shape index (κ3) is 3.53. The zero-order valence-corrected chi connectivity index (χ0v) is 12.1. The maximum atomic E-state index is 12.3. The van der Waals surface area contributed by atoms with Gasteiger partial charge in [-0.2, -0.15) is 9.57 Å². The number of nitriles is 1. The smallest absolute Gasteiger partial charge is 0.252 e. The lowest BCUT2D eigenvalue weighted by molar-refractivity contribution is 0.135. The molecule has 100 valence electrons. The summed E-state index contributed by atoms with van der Waals surface area (Å²) in [4.78, 5) is 0.398. The van der Waals surface area contributed by atoms with Gasteiger partial charge < -0.3 is 4.74 Å². The zero-order valence-electron chi connectivity index (χ0n) is 10.4. The summed E-state index contributed by atoms with van der Waals surface area (Å²) in [6, 6.07) is 4.94. The quantitative estimate of drug-likeness (QED) is 0.716. The molecule has 0 aliphatic heterocycles. The van der Waals surface area contributed by atoms with Crippen molar-refractivity contribution in [1.82, 2.24) is 4.31 Å². The molecule has 0 N–H and O–H groups in total. The minimum Gasteiger partial charge on any atom is -0.380 e. The van der Waals surface area contributed by atoms with E-state index in [1.165, 1.54) is 16.4 Å². The number of thiophene rings is 1. The molecular weight excluding hydrogens is 272 g/mol. The van der Waals surface area contributed by atoms with Crippen molar-refractivity contribution in [2.45, 2.75) is 18.1 Å². The van der Waals surface area contributed by atoms with Crippen molar-refractivity contribution in [3.8, 4) is 6.07 Å². The summed E-state index contributed by atoms with van der Waals surface area (Å²) in [6.07, 6.45) is 0. The Morgan fingerprint density at radius 3 is 2.67 bits per heavy atom. The van der Waals surface area contributed by atoms with E-state index in [-0.39, 0.29) is 4.21 Å². The van der Waals surface area contributed by atoms with Crippen LogP contribution in [0.4, 0.5) is 0 Å². The number of likely N-dealkylation sites (N-methyl/N-ethyl adjacent to an activating group) is 1. The van der Waals surface area contributed by atoms with E-state index in [0.717, 1.165) is 11.3 Å². The van der Waals surface area contributed by atoms with Gasteiger partial charge in [0.15, 0.2) is 0 Å². The van der Waals surface area contributed by atoms with Crippen molar-refractivity contribution in [3.63, 3.8) is 0 Å². The van der Waals surface area contributed by atoms with E-state index in [4.69, 9.17) is 10.00 Å². The van der Waals surface area contributed by atoms with Crippen LogP contribution in [0.5, 0.6) is 0 Å². The van der Waals surface area contributed by atoms with Gasteiger partial charge >= 0.3 is 0 Å². The van der Waals surface area contributed by atoms with Gasteiger partial charge in [-0.1, -0.05) is 6.92 Å². The predicted octanol–water partition coefficient (Wildman–Crippen LogP) is 1.67. The van der Waals surface area contributed by atoms with Crippen molar-refractivity contribution >= 4 is 21.4 Å². The lowest BCUT2D eigenvalue weighted by Gasteiger charge is -2.19. The highest BCUT2D eigenvalue weighted by atomic mass is 32.2. The molecule has 1 aromatic rings. The molecule has 1 heterocycles. The average Bonchev–Trinajstić information content (AvgIpc) is 2.83. The summed E-state index contributed by atoms with van der Waals surface area (Å²) in [5, 5.41) is 8.72. The van der Waals surface area contributed by atoms with Gasteiger partial charge in [-0.15, -0.1) is 11.3 Å². The molecule has 0 spiro atoms. The maximum Gasteiger partial charge on any atom is 0.252 e. The SMILES string of the molecule is CCOCCN(CC)S(=O)(=O)c1ccc(C#N)s1. The first-order valence-electron chi connectivity index (χ1n) is 5.64. The van der Waals surface area contributed by atoms with Crippen LogP contribution in [0.3, 0.4) is 0 Å². The summed E-state index contributed by atoms with van der Waals surface area (Å²) in [5.74, 6) is 0. The van der Waals surface area contributed by atoms with Gasteiger partial charge in [0.05, 0.1) is 6.61 Å². The number of sulfonamides is 1. The summed E-state index contributed by atoms with van der Waals surface area (Å²) in [5.41, 5.74) is 0. The number of hydrogen-bond donors (Lipinski definition) is 0. The molecule has 0 atom stereocenters. The minimum atomic E-state index is -3.50. The third-order valence-corrected chi connectivity index (χ3v) is 5.76. The Morgan fingerprint density at radius 1 is 1.44 bits per heavy atom. The first-order valence-corrected chi connectivity index (χ1v) is 7.89. The van der Waals surface area contributed by atoms with Gasteiger partial charge in [-0.3, -0.25) is 0 Å². The summed E-state index contributed by atoms with van der Waals surface area (Å²) < 4.78 is 31.2. The first kappa shape index (κ1) is 15.1. The van der Waals surface area contributed by atoms with Crippen LogP contribution in [0.1, 0.15) is 18.7 Å². The van der Waals surface area contributed by atoms with Crippen molar-refractivity contribution in [2.75, 3.05) is 26.3 Å². The topological polar surface area (TPSA) is 70.4 Å². The zero-order chi connectivity index (χ0) is 13.6. The maximum absolute atomic E-state index is 12.3. The molecule has 5 nitrogen and oxygen atoms in total. The number of hydrogen-bond acceptors (Lipinski definition) is 5. The second-order valence-corrected chi connectivity index (χ2v) is 6.67. The molecule has 7 heteroatoms. The van der Waals surface area contributed by atoms with Crippen LogP contribution < -0.4 is 0 Å². The van der Waals surface area contributed by atoms with Crippen LogP contribution in [0.15, 0.2) is 16.3 Å². The van der Waals surface area contributed by atoms with Gasteiger partial charge in [-0.25, -0.2) is 8.42 Å². The van der Waals surface area contributed by atoms with E-state index in [1.54, 1.807) is 6.92 Å². The fourth-order valence-electron chi connectivity index (χ4n) is 1.41. The van der Waals surface area contributed by atoms with Crippen molar-refractivity contribution in [1.29, 1.82) is 5.26 Å². The molecule has 0 aromatic carbocycles. The highest BCUT2D eigenvalue weighted by Crippen LogP contribution is 2.24. The van der Waals surface area contributed by atoms with Crippen LogP contribution in [-0.2, 0) is 14.8 Å². The molecule has 18 heavy (non-hydrogen) atoms. The van der Waals surface area contributed by atoms with E-state index in [2.05, 4.69) is 0 Å². The third-order valence-electron chi connectivity index (χ3n) is 2.33. The summed E-state index contributed by atoms with van der Waals surface area (Å²) in [7, 11) is -3.50. The van der Waals surface area contributed by atoms with Gasteiger partial charge in [-0.05, 0) is 19.1 Å². The van der Waals surface area contributed by atoms with Crippen molar-refractivity contribution in [3.05, 3.63) is 17.0 Å². The second kappa shape index (κ2) is 6.85. The summed E-state index contributed by atoms with van der Waals surface area (Å²) in [6.45, 7) is 5.29. The molecular formula is C11H16N2O3S2. The second-order valence-electron chi connectivity index (χ2n) is 3.42. The molecule has 0 aliphatic carbocycles. The molecule has 0 fully saturated rings. The summed E-state index contributed by atoms with van der Waals surface area (Å²) >= 11 is 0.991. The highest BCUT2D eigenvalue weighted by molar-refractivity contribution is 7.91. The Kier molecular flexibility index (Phi) is 5.75. The fourth-order valence-corrected chi connectivity index (χ4v) is 4.10. The number of rotatable bonds is 7. The fraction of sp³-hybridized carbons (Fsp3) is 0.545. The Bertz CT molecular complexity index is 517. The monoisotopic (exact) mass is 288 g/mol. The van der Waals surface area contributed by atoms with Crippen LogP contribution in [0.2, 0.25) is 0 Å². The number of ether oxygens (including phenoxy) is 1. The average molecular weight is 288 g/mol. The molecule has 0 unspecified atom stereocenters. The first-order chi connectivity index (χ1) is 8.56. The van der Waals surface area contributed by atoms with E-state index in [9.17, 15) is 8.42 Å². The van der Waals surface area contributed by atoms with E-state index >= 15 is 0 Å². The van der Waals surface area contributed by atoms with Crippen LogP contribution in [-0.4, -0.2) is 39.0 Å². The minimum absolute atomic E-state index is 0.206. The molecule has 0 bridgehead atoms. The van der Waals surface area contributed by atoms with Crippen molar-refractivity contribution < 1.29 is 13.2 Å². The largest absolute Gasteiger partial charge is 0.380 e. The number of nitrogens with zero attached hydrogens (tertiary/aromatic N) is 2. The lowest BCUT2D eigenvalue weighted by Crippen LogP contribution is -2.33. The molecule has 0 amide bonds. The van der Waals surface area contributed by atoms with Gasteiger partial charge in [0.1, 0.15) is 15.2 Å². The molecule has 0 radical (unpaired) electrons. The normalized spacial score (nSPS) is 11.7. The molecule has 0 saturated heterocycles. The molecule has 0 aliphatic rings. The van der Waals surface area contributed by atoms with Gasteiger partial charge in [0.2, 0.25) is 0 Å². The lowest BCUT2D eigenvalue weighted by atomic mass is 10.5. The molecule has 0 saturated carbocycles. The van der Waals surface area contributed by atoms with E-state index in [0.29, 0.717) is 31.2 Å². The Hall–Kier alpha value is -0.940. The Labute approximate surface area is 112 Å². The predicted molar refractivity (Wildman–Crippen MR) is 70.0 cm³/mol. The van der Waals surface area contributed by atoms with Crippen LogP contribution >= 0.6 is 11.3 Å². The van der Waals surface area contributed by atoms with Crippen LogP contribution in [0, 0.1) is 11.3 Å². The van der Waals surface area contributed by atoms with Crippen LogP contribution in [0.25, 0.3) is 0 Å².